The predicted molar refractivity (Wildman–Crippen MR) is 140 cm³/mol. The molecule has 5 nitrogen and oxygen atoms in total. The Balaban J connectivity index is 1.78. The van der Waals surface area contributed by atoms with Crippen molar-refractivity contribution in [2.24, 2.45) is 5.92 Å². The van der Waals surface area contributed by atoms with Crippen molar-refractivity contribution >= 4 is 34.7 Å². The fourth-order valence-corrected chi connectivity index (χ4v) is 4.75. The van der Waals surface area contributed by atoms with E-state index >= 15 is 0 Å². The van der Waals surface area contributed by atoms with Gasteiger partial charge in [0.15, 0.2) is 5.11 Å². The lowest BCUT2D eigenvalue weighted by molar-refractivity contribution is 0.390. The Morgan fingerprint density at radius 2 is 1.91 bits per heavy atom. The average Bonchev–Trinajstić information content (AvgIpc) is 3.28. The first-order valence-corrected chi connectivity index (χ1v) is 12.8. The molecular weight excluding hydrogens is 448 g/mol. The van der Waals surface area contributed by atoms with Crippen molar-refractivity contribution in [2.75, 3.05) is 12.8 Å². The zero-order valence-corrected chi connectivity index (χ0v) is 21.4. The van der Waals surface area contributed by atoms with Crippen LogP contribution in [0.2, 0.25) is 0 Å². The maximum Gasteiger partial charge on any atom is 0.258 e. The average molecular weight is 479 g/mol. The second kappa shape index (κ2) is 10.1. The van der Waals surface area contributed by atoms with Gasteiger partial charge in [-0.25, -0.2) is 0 Å². The first-order chi connectivity index (χ1) is 15.9. The number of aromatic nitrogens is 2. The Labute approximate surface area is 205 Å². The summed E-state index contributed by atoms with van der Waals surface area (Å²) >= 11 is 7.52. The molecule has 0 radical (unpaired) electrons. The zero-order valence-electron chi connectivity index (χ0n) is 19.8. The molecule has 33 heavy (non-hydrogen) atoms. The van der Waals surface area contributed by atoms with Crippen molar-refractivity contribution in [3.63, 3.8) is 0 Å². The number of hydrogen-bond acceptors (Lipinski definition) is 5. The molecule has 4 rings (SSSR count). The topological polar surface area (TPSA) is 54.2 Å². The summed E-state index contributed by atoms with van der Waals surface area (Å²) in [5, 5.41) is 8.59. The normalized spacial score (nSPS) is 16.5. The van der Waals surface area contributed by atoms with E-state index in [1.54, 1.807) is 11.8 Å². The van der Waals surface area contributed by atoms with Crippen LogP contribution in [0.25, 0.3) is 17.0 Å². The molecule has 1 N–H and O–H groups in total. The van der Waals surface area contributed by atoms with Gasteiger partial charge in [-0.3, -0.25) is 0 Å². The number of rotatable bonds is 7. The quantitative estimate of drug-likeness (QED) is 0.308. The van der Waals surface area contributed by atoms with Gasteiger partial charge in [-0.1, -0.05) is 54.9 Å². The highest BCUT2D eigenvalue weighted by Gasteiger charge is 2.34. The van der Waals surface area contributed by atoms with Crippen molar-refractivity contribution < 1.29 is 4.52 Å². The number of allylic oxidation sites excluding steroid dienone is 1. The molecule has 1 aliphatic rings. The molecule has 0 amide bonds. The lowest BCUT2D eigenvalue weighted by Gasteiger charge is -2.37. The van der Waals surface area contributed by atoms with Gasteiger partial charge in [0.2, 0.25) is 5.82 Å². The molecule has 0 bridgehead atoms. The van der Waals surface area contributed by atoms with Gasteiger partial charge in [0.1, 0.15) is 0 Å². The van der Waals surface area contributed by atoms with E-state index in [1.807, 2.05) is 12.1 Å². The number of nitrogens with zero attached hydrogens (tertiary/aromatic N) is 3. The Bertz CT molecular complexity index is 1170. The first-order valence-electron chi connectivity index (χ1n) is 11.2. The van der Waals surface area contributed by atoms with E-state index in [4.69, 9.17) is 21.7 Å². The van der Waals surface area contributed by atoms with Crippen molar-refractivity contribution in [2.45, 2.75) is 45.1 Å². The van der Waals surface area contributed by atoms with Gasteiger partial charge in [0, 0.05) is 22.7 Å². The minimum atomic E-state index is -0.158. The number of thiocarbonyl (C=S) groups is 1. The third-order valence-electron chi connectivity index (χ3n) is 5.91. The van der Waals surface area contributed by atoms with Crippen LogP contribution >= 0.6 is 24.0 Å². The summed E-state index contributed by atoms with van der Waals surface area (Å²) in [5.74, 6) is 1.69. The molecule has 0 saturated heterocycles. The summed E-state index contributed by atoms with van der Waals surface area (Å²) < 4.78 is 5.84. The van der Waals surface area contributed by atoms with Crippen LogP contribution in [0.4, 0.5) is 0 Å². The number of benzene rings is 2. The van der Waals surface area contributed by atoms with E-state index in [9.17, 15) is 0 Å². The van der Waals surface area contributed by atoms with Gasteiger partial charge >= 0.3 is 0 Å². The van der Waals surface area contributed by atoms with Gasteiger partial charge < -0.3 is 14.7 Å². The van der Waals surface area contributed by atoms with Crippen LogP contribution < -0.4 is 5.32 Å². The molecule has 0 spiro atoms. The predicted octanol–water partition coefficient (Wildman–Crippen LogP) is 6.48. The lowest BCUT2D eigenvalue weighted by Crippen LogP contribution is -2.46. The number of aryl methyl sites for hydroxylation is 1. The summed E-state index contributed by atoms with van der Waals surface area (Å²) in [4.78, 5) is 8.19. The van der Waals surface area contributed by atoms with Crippen LogP contribution in [0, 0.1) is 12.8 Å². The largest absolute Gasteiger partial charge is 0.351 e. The first kappa shape index (κ1) is 23.5. The Kier molecular flexibility index (Phi) is 7.20. The summed E-state index contributed by atoms with van der Waals surface area (Å²) in [5.41, 5.74) is 5.24. The van der Waals surface area contributed by atoms with Crippen molar-refractivity contribution in [3.05, 3.63) is 71.2 Å². The SMILES string of the molecule is CSc1ccc(C2NC(=S)N(CCC(C)C)C(C)=C2c2nc(-c3cccc(C)c3)no2)cc1. The summed E-state index contributed by atoms with van der Waals surface area (Å²) in [6.07, 6.45) is 3.12. The zero-order chi connectivity index (χ0) is 23.5. The molecule has 2 aromatic carbocycles. The number of thioether (sulfide) groups is 1. The lowest BCUT2D eigenvalue weighted by atomic mass is 9.94. The molecule has 7 heteroatoms. The Hall–Kier alpha value is -2.64. The minimum Gasteiger partial charge on any atom is -0.351 e. The Morgan fingerprint density at radius 3 is 2.58 bits per heavy atom. The van der Waals surface area contributed by atoms with Gasteiger partial charge in [0.25, 0.3) is 5.89 Å². The highest BCUT2D eigenvalue weighted by Crippen LogP contribution is 2.38. The van der Waals surface area contributed by atoms with E-state index in [0.717, 1.165) is 46.0 Å². The highest BCUT2D eigenvalue weighted by atomic mass is 32.2. The van der Waals surface area contributed by atoms with Crippen LogP contribution in [-0.4, -0.2) is 33.0 Å². The van der Waals surface area contributed by atoms with Gasteiger partial charge in [-0.2, -0.15) is 4.98 Å². The molecule has 2 heterocycles. The molecule has 0 saturated carbocycles. The highest BCUT2D eigenvalue weighted by molar-refractivity contribution is 7.98. The second-order valence-corrected chi connectivity index (χ2v) is 10.0. The van der Waals surface area contributed by atoms with Crippen molar-refractivity contribution in [1.29, 1.82) is 0 Å². The Morgan fingerprint density at radius 1 is 1.15 bits per heavy atom. The van der Waals surface area contributed by atoms with Crippen LogP contribution in [0.5, 0.6) is 0 Å². The molecular formula is C26H30N4OS2. The van der Waals surface area contributed by atoms with Crippen LogP contribution in [0.3, 0.4) is 0 Å². The fourth-order valence-electron chi connectivity index (χ4n) is 4.00. The van der Waals surface area contributed by atoms with Crippen LogP contribution in [0.15, 0.2) is 63.6 Å². The standard InChI is InChI=1S/C26H30N4OS2/c1-16(2)13-14-30-18(4)22(23(27-26(30)32)19-9-11-21(33-5)12-10-19)25-28-24(29-31-25)20-8-6-7-17(3)15-20/h6-12,15-16,23H,13-14H2,1-5H3,(H,27,32). The third-order valence-corrected chi connectivity index (χ3v) is 6.99. The van der Waals surface area contributed by atoms with E-state index in [1.165, 1.54) is 4.90 Å². The van der Waals surface area contributed by atoms with E-state index in [2.05, 4.69) is 85.7 Å². The van der Waals surface area contributed by atoms with E-state index in [0.29, 0.717) is 17.6 Å². The maximum atomic E-state index is 5.84. The third kappa shape index (κ3) is 5.14. The molecule has 1 aromatic heterocycles. The molecule has 1 aliphatic heterocycles. The summed E-state index contributed by atoms with van der Waals surface area (Å²) in [6, 6.07) is 16.5. The van der Waals surface area contributed by atoms with Crippen molar-refractivity contribution in [1.82, 2.24) is 20.4 Å². The summed E-state index contributed by atoms with van der Waals surface area (Å²) in [7, 11) is 0. The number of hydrogen-bond donors (Lipinski definition) is 1. The molecule has 172 valence electrons. The number of nitrogens with one attached hydrogen (secondary N) is 1. The molecule has 0 aliphatic carbocycles. The minimum absolute atomic E-state index is 0.158. The smallest absolute Gasteiger partial charge is 0.258 e. The molecule has 0 fully saturated rings. The monoisotopic (exact) mass is 478 g/mol. The molecule has 3 aromatic rings. The second-order valence-electron chi connectivity index (χ2n) is 8.78. The fraction of sp³-hybridized carbons (Fsp3) is 0.346. The van der Waals surface area contributed by atoms with Crippen molar-refractivity contribution in [3.8, 4) is 11.4 Å². The molecule has 1 atom stereocenters. The van der Waals surface area contributed by atoms with Gasteiger partial charge in [0.05, 0.1) is 11.6 Å². The van der Waals surface area contributed by atoms with Gasteiger partial charge in [-0.05, 0) is 68.4 Å². The summed E-state index contributed by atoms with van der Waals surface area (Å²) in [6.45, 7) is 9.45. The van der Waals surface area contributed by atoms with Crippen LogP contribution in [-0.2, 0) is 0 Å². The maximum absolute atomic E-state index is 5.84. The van der Waals surface area contributed by atoms with Crippen LogP contribution in [0.1, 0.15) is 50.3 Å². The molecule has 1 unspecified atom stereocenters. The van der Waals surface area contributed by atoms with Gasteiger partial charge in [-0.15, -0.1) is 11.8 Å². The van der Waals surface area contributed by atoms with E-state index in [-0.39, 0.29) is 6.04 Å². The van der Waals surface area contributed by atoms with E-state index < -0.39 is 0 Å².